The summed E-state index contributed by atoms with van der Waals surface area (Å²) in [6.07, 6.45) is 2.97. The number of hydrogen-bond donors (Lipinski definition) is 1. The van der Waals surface area contributed by atoms with Crippen LogP contribution in [0.3, 0.4) is 0 Å². The molecule has 0 aromatic carbocycles. The maximum Gasteiger partial charge on any atom is 0.173 e. The number of halogens is 1. The lowest BCUT2D eigenvalue weighted by molar-refractivity contribution is 0.225. The molecule has 60 valence electrons. The van der Waals surface area contributed by atoms with Gasteiger partial charge in [0, 0.05) is 0 Å². The van der Waals surface area contributed by atoms with Crippen LogP contribution in [0.4, 0.5) is 0 Å². The van der Waals surface area contributed by atoms with Crippen LogP contribution in [0, 0.1) is 0 Å². The lowest BCUT2D eigenvalue weighted by atomic mass is 10.1. The van der Waals surface area contributed by atoms with Gasteiger partial charge in [-0.2, -0.15) is 0 Å². The van der Waals surface area contributed by atoms with Crippen LogP contribution < -0.4 is 0 Å². The minimum Gasteiger partial charge on any atom is -0.506 e. The first-order valence-corrected chi connectivity index (χ1v) is 3.78. The van der Waals surface area contributed by atoms with Crippen molar-refractivity contribution in [1.82, 2.24) is 0 Å². The van der Waals surface area contributed by atoms with Gasteiger partial charge in [-0.05, 0) is 6.08 Å². The Kier molecular flexibility index (Phi) is 1.37. The maximum atomic E-state index is 9.24. The minimum absolute atomic E-state index is 0.117. The van der Waals surface area contributed by atoms with Gasteiger partial charge in [-0.1, -0.05) is 0 Å². The molecule has 1 unspecified atom stereocenters. The second kappa shape index (κ2) is 2.16. The van der Waals surface area contributed by atoms with Crippen molar-refractivity contribution in [3.63, 3.8) is 0 Å². The Morgan fingerprint density at radius 3 is 3.00 bits per heavy atom. The van der Waals surface area contributed by atoms with E-state index in [1.54, 1.807) is 6.08 Å². The van der Waals surface area contributed by atoms with Gasteiger partial charge < -0.3 is 14.6 Å². The van der Waals surface area contributed by atoms with Crippen LogP contribution in [0.1, 0.15) is 0 Å². The Morgan fingerprint density at radius 1 is 1.73 bits per heavy atom. The van der Waals surface area contributed by atoms with Crippen molar-refractivity contribution in [2.45, 2.75) is 5.60 Å². The zero-order valence-electron chi connectivity index (χ0n) is 5.71. The van der Waals surface area contributed by atoms with Gasteiger partial charge in [-0.15, -0.1) is 11.6 Å². The number of allylic oxidation sites excluding steroid dienone is 1. The van der Waals surface area contributed by atoms with E-state index < -0.39 is 5.60 Å². The quantitative estimate of drug-likeness (QED) is 0.482. The first kappa shape index (κ1) is 7.00. The number of epoxide rings is 1. The summed E-state index contributed by atoms with van der Waals surface area (Å²) in [6, 6.07) is 0. The van der Waals surface area contributed by atoms with Crippen LogP contribution in [-0.2, 0) is 9.47 Å². The Bertz CT molecular complexity index is 240. The van der Waals surface area contributed by atoms with Gasteiger partial charge in [0.25, 0.3) is 0 Å². The van der Waals surface area contributed by atoms with Crippen molar-refractivity contribution >= 4 is 11.6 Å². The largest absolute Gasteiger partial charge is 0.506 e. The van der Waals surface area contributed by atoms with Crippen molar-refractivity contribution in [1.29, 1.82) is 0 Å². The molecule has 3 nitrogen and oxygen atoms in total. The highest BCUT2D eigenvalue weighted by Gasteiger charge is 2.49. The van der Waals surface area contributed by atoms with Gasteiger partial charge in [0.05, 0.1) is 12.5 Å². The molecule has 11 heavy (non-hydrogen) atoms. The highest BCUT2D eigenvalue weighted by molar-refractivity contribution is 6.19. The van der Waals surface area contributed by atoms with Gasteiger partial charge in [0.15, 0.2) is 11.4 Å². The van der Waals surface area contributed by atoms with Crippen LogP contribution in [0.25, 0.3) is 0 Å². The van der Waals surface area contributed by atoms with Crippen molar-refractivity contribution < 1.29 is 14.6 Å². The molecule has 4 heteroatoms. The van der Waals surface area contributed by atoms with Crippen molar-refractivity contribution in [2.75, 3.05) is 12.5 Å². The molecule has 0 aromatic heterocycles. The standard InChI is InChI=1S/C7H7ClO3/c8-2-5-1-7(4-11-7)6(9)3-10-5/h1,3,9H,2,4H2. The molecule has 0 radical (unpaired) electrons. The Balaban J connectivity index is 2.23. The fourth-order valence-corrected chi connectivity index (χ4v) is 1.12. The number of ether oxygens (including phenoxy) is 2. The summed E-state index contributed by atoms with van der Waals surface area (Å²) in [6.45, 7) is 0.513. The molecular weight excluding hydrogens is 168 g/mol. The van der Waals surface area contributed by atoms with E-state index in [-0.39, 0.29) is 5.76 Å². The van der Waals surface area contributed by atoms with Crippen molar-refractivity contribution in [2.24, 2.45) is 0 Å². The average Bonchev–Trinajstić information content (AvgIpc) is 2.77. The molecule has 1 saturated heterocycles. The number of aliphatic hydroxyl groups excluding tert-OH is 1. The molecule has 2 rings (SSSR count). The van der Waals surface area contributed by atoms with Crippen LogP contribution >= 0.6 is 11.6 Å². The molecule has 2 heterocycles. The molecule has 0 saturated carbocycles. The van der Waals surface area contributed by atoms with E-state index >= 15 is 0 Å². The van der Waals surface area contributed by atoms with E-state index in [1.165, 1.54) is 6.26 Å². The fraction of sp³-hybridized carbons (Fsp3) is 0.429. The SMILES string of the molecule is OC1=COC(CCl)=CC12CO2. The number of rotatable bonds is 1. The van der Waals surface area contributed by atoms with Gasteiger partial charge in [-0.3, -0.25) is 0 Å². The zero-order chi connectivity index (χ0) is 7.90. The summed E-state index contributed by atoms with van der Waals surface area (Å²) >= 11 is 5.52. The third kappa shape index (κ3) is 1.01. The summed E-state index contributed by atoms with van der Waals surface area (Å²) < 4.78 is 10.0. The van der Waals surface area contributed by atoms with Crippen LogP contribution in [-0.4, -0.2) is 23.2 Å². The topological polar surface area (TPSA) is 42.0 Å². The van der Waals surface area contributed by atoms with E-state index in [2.05, 4.69) is 0 Å². The maximum absolute atomic E-state index is 9.24. The monoisotopic (exact) mass is 174 g/mol. The number of aliphatic hydroxyl groups is 1. The van der Waals surface area contributed by atoms with Crippen LogP contribution in [0.2, 0.25) is 0 Å². The molecule has 1 fully saturated rings. The van der Waals surface area contributed by atoms with Crippen molar-refractivity contribution in [3.05, 3.63) is 23.9 Å². The highest BCUT2D eigenvalue weighted by atomic mass is 35.5. The zero-order valence-corrected chi connectivity index (χ0v) is 6.47. The summed E-state index contributed by atoms with van der Waals surface area (Å²) in [5, 5.41) is 9.24. The molecule has 0 aliphatic carbocycles. The minimum atomic E-state index is -0.595. The molecular formula is C7H7ClO3. The molecule has 0 aromatic rings. The molecule has 1 atom stereocenters. The number of alkyl halides is 1. The van der Waals surface area contributed by atoms with E-state index in [1.807, 2.05) is 0 Å². The summed E-state index contributed by atoms with van der Waals surface area (Å²) in [5.74, 6) is 1.04. The lowest BCUT2D eigenvalue weighted by Gasteiger charge is -2.14. The molecule has 2 aliphatic rings. The highest BCUT2D eigenvalue weighted by Crippen LogP contribution is 2.38. The molecule has 0 amide bonds. The first-order valence-electron chi connectivity index (χ1n) is 3.25. The summed E-state index contributed by atoms with van der Waals surface area (Å²) in [5.41, 5.74) is -0.595. The predicted molar refractivity (Wildman–Crippen MR) is 39.3 cm³/mol. The Labute approximate surface area is 68.9 Å². The summed E-state index contributed by atoms with van der Waals surface area (Å²) in [4.78, 5) is 0. The second-order valence-electron chi connectivity index (χ2n) is 2.54. The second-order valence-corrected chi connectivity index (χ2v) is 2.81. The summed E-state index contributed by atoms with van der Waals surface area (Å²) in [7, 11) is 0. The van der Waals surface area contributed by atoms with Gasteiger partial charge in [-0.25, -0.2) is 0 Å². The number of hydrogen-bond acceptors (Lipinski definition) is 3. The molecule has 2 aliphatic heterocycles. The molecule has 0 bridgehead atoms. The third-order valence-electron chi connectivity index (χ3n) is 1.74. The van der Waals surface area contributed by atoms with Crippen LogP contribution in [0.15, 0.2) is 23.9 Å². The van der Waals surface area contributed by atoms with Crippen molar-refractivity contribution in [3.8, 4) is 0 Å². The first-order chi connectivity index (χ1) is 5.27. The van der Waals surface area contributed by atoms with E-state index in [0.717, 1.165) is 0 Å². The van der Waals surface area contributed by atoms with Crippen LogP contribution in [0.5, 0.6) is 0 Å². The Hall–Kier alpha value is -0.670. The third-order valence-corrected chi connectivity index (χ3v) is 2.00. The normalized spacial score (nSPS) is 34.3. The van der Waals surface area contributed by atoms with E-state index in [0.29, 0.717) is 18.2 Å². The van der Waals surface area contributed by atoms with E-state index in [9.17, 15) is 5.11 Å². The van der Waals surface area contributed by atoms with Gasteiger partial charge in [0.1, 0.15) is 12.0 Å². The lowest BCUT2D eigenvalue weighted by Crippen LogP contribution is -2.16. The van der Waals surface area contributed by atoms with Gasteiger partial charge in [0.2, 0.25) is 0 Å². The molecule has 1 spiro atoms. The fourth-order valence-electron chi connectivity index (χ4n) is 0.978. The van der Waals surface area contributed by atoms with E-state index in [4.69, 9.17) is 21.1 Å². The smallest absolute Gasteiger partial charge is 0.173 e. The average molecular weight is 175 g/mol. The predicted octanol–water partition coefficient (Wildman–Crippen LogP) is 1.31. The Morgan fingerprint density at radius 2 is 2.45 bits per heavy atom. The van der Waals surface area contributed by atoms with Gasteiger partial charge >= 0.3 is 0 Å². The molecule has 1 N–H and O–H groups in total.